The van der Waals surface area contributed by atoms with Gasteiger partial charge in [-0.25, -0.2) is 9.59 Å². The highest BCUT2D eigenvalue weighted by Crippen LogP contribution is 2.10. The van der Waals surface area contributed by atoms with E-state index in [1.165, 1.54) is 7.11 Å². The number of carboxylic acid groups (broad SMARTS) is 1. The first-order valence-corrected chi connectivity index (χ1v) is 6.41. The number of urea groups is 1. The maximum atomic E-state index is 11.6. The number of ether oxygens (including phenoxy) is 1. The number of nitrogens with one attached hydrogen (secondary N) is 2. The van der Waals surface area contributed by atoms with E-state index in [1.54, 1.807) is 18.2 Å². The summed E-state index contributed by atoms with van der Waals surface area (Å²) in [5.41, 5.74) is 0.830. The van der Waals surface area contributed by atoms with Gasteiger partial charge in [0.2, 0.25) is 0 Å². The Balaban J connectivity index is 2.43. The monoisotopic (exact) mass is 300 g/mol. The summed E-state index contributed by atoms with van der Waals surface area (Å²) in [6, 6.07) is 5.52. The molecule has 0 bridgehead atoms. The molecule has 1 rings (SSSR count). The van der Waals surface area contributed by atoms with Gasteiger partial charge >= 0.3 is 12.0 Å². The van der Waals surface area contributed by atoms with Gasteiger partial charge in [-0.15, -0.1) is 0 Å². The number of hydrogen-bond donors (Lipinski definition) is 3. The topological polar surface area (TPSA) is 87.7 Å². The molecule has 2 amide bonds. The van der Waals surface area contributed by atoms with Crippen LogP contribution in [0.2, 0.25) is 5.02 Å². The number of halogens is 1. The summed E-state index contributed by atoms with van der Waals surface area (Å²) in [5.74, 6) is -1.10. The van der Waals surface area contributed by atoms with E-state index in [9.17, 15) is 9.59 Å². The lowest BCUT2D eigenvalue weighted by atomic mass is 10.2. The SMILES string of the molecule is COCCC(NC(=O)NCc1cccc(Cl)c1)C(=O)O. The molecule has 0 aliphatic rings. The number of aliphatic carboxylic acids is 1. The van der Waals surface area contributed by atoms with Crippen molar-refractivity contribution in [1.29, 1.82) is 0 Å². The van der Waals surface area contributed by atoms with Gasteiger partial charge in [0.25, 0.3) is 0 Å². The molecule has 0 heterocycles. The largest absolute Gasteiger partial charge is 0.480 e. The quantitative estimate of drug-likeness (QED) is 0.714. The number of rotatable bonds is 7. The van der Waals surface area contributed by atoms with Crippen molar-refractivity contribution in [3.8, 4) is 0 Å². The molecule has 0 radical (unpaired) electrons. The van der Waals surface area contributed by atoms with Crippen molar-refractivity contribution >= 4 is 23.6 Å². The van der Waals surface area contributed by atoms with Crippen LogP contribution in [0.5, 0.6) is 0 Å². The number of carbonyl (C=O) groups excluding carboxylic acids is 1. The molecule has 0 saturated heterocycles. The van der Waals surface area contributed by atoms with Crippen LogP contribution in [0.1, 0.15) is 12.0 Å². The molecule has 1 aromatic carbocycles. The maximum absolute atomic E-state index is 11.6. The van der Waals surface area contributed by atoms with Crippen LogP contribution in [0, 0.1) is 0 Å². The Labute approximate surface area is 122 Å². The summed E-state index contributed by atoms with van der Waals surface area (Å²) in [7, 11) is 1.47. The summed E-state index contributed by atoms with van der Waals surface area (Å²) in [5, 5.41) is 14.5. The first-order valence-electron chi connectivity index (χ1n) is 6.03. The second-order valence-electron chi connectivity index (χ2n) is 4.13. The van der Waals surface area contributed by atoms with E-state index in [2.05, 4.69) is 10.6 Å². The molecule has 1 unspecified atom stereocenters. The second kappa shape index (κ2) is 8.39. The van der Waals surface area contributed by atoms with Crippen molar-refractivity contribution in [2.24, 2.45) is 0 Å². The fourth-order valence-corrected chi connectivity index (χ4v) is 1.74. The average Bonchev–Trinajstić information content (AvgIpc) is 2.41. The molecule has 1 atom stereocenters. The minimum atomic E-state index is -1.10. The molecule has 0 saturated carbocycles. The van der Waals surface area contributed by atoms with Crippen molar-refractivity contribution in [3.05, 3.63) is 34.9 Å². The summed E-state index contributed by atoms with van der Waals surface area (Å²) >= 11 is 5.82. The predicted molar refractivity (Wildman–Crippen MR) is 74.7 cm³/mol. The molecular weight excluding hydrogens is 284 g/mol. The van der Waals surface area contributed by atoms with Gasteiger partial charge in [-0.05, 0) is 17.7 Å². The van der Waals surface area contributed by atoms with Gasteiger partial charge in [0.1, 0.15) is 6.04 Å². The van der Waals surface area contributed by atoms with Crippen molar-refractivity contribution in [3.63, 3.8) is 0 Å². The Hall–Kier alpha value is -1.79. The van der Waals surface area contributed by atoms with Crippen LogP contribution in [-0.4, -0.2) is 36.9 Å². The van der Waals surface area contributed by atoms with Crippen LogP contribution in [0.25, 0.3) is 0 Å². The fraction of sp³-hybridized carbons (Fsp3) is 0.385. The van der Waals surface area contributed by atoms with Crippen molar-refractivity contribution in [2.75, 3.05) is 13.7 Å². The predicted octanol–water partition coefficient (Wildman–Crippen LogP) is 1.63. The third kappa shape index (κ3) is 5.90. The average molecular weight is 301 g/mol. The molecule has 6 nitrogen and oxygen atoms in total. The van der Waals surface area contributed by atoms with Crippen LogP contribution in [0.15, 0.2) is 24.3 Å². The van der Waals surface area contributed by atoms with E-state index in [1.807, 2.05) is 6.07 Å². The Morgan fingerprint density at radius 3 is 2.80 bits per heavy atom. The standard InChI is InChI=1S/C13H17ClN2O4/c1-20-6-5-11(12(17)18)16-13(19)15-8-9-3-2-4-10(14)7-9/h2-4,7,11H,5-6,8H2,1H3,(H,17,18)(H2,15,16,19). The summed E-state index contributed by atoms with van der Waals surface area (Å²) in [4.78, 5) is 22.6. The van der Waals surface area contributed by atoms with Gasteiger partial charge in [-0.2, -0.15) is 0 Å². The molecular formula is C13H17ClN2O4. The minimum absolute atomic E-state index is 0.205. The van der Waals surface area contributed by atoms with E-state index >= 15 is 0 Å². The van der Waals surface area contributed by atoms with E-state index in [-0.39, 0.29) is 19.6 Å². The molecule has 0 fully saturated rings. The second-order valence-corrected chi connectivity index (χ2v) is 4.57. The Morgan fingerprint density at radius 1 is 1.45 bits per heavy atom. The lowest BCUT2D eigenvalue weighted by Gasteiger charge is -2.14. The van der Waals surface area contributed by atoms with Gasteiger partial charge < -0.3 is 20.5 Å². The molecule has 0 aromatic heterocycles. The Bertz CT molecular complexity index is 467. The van der Waals surface area contributed by atoms with Crippen LogP contribution in [0.4, 0.5) is 4.79 Å². The van der Waals surface area contributed by atoms with Crippen molar-refractivity contribution < 1.29 is 19.4 Å². The minimum Gasteiger partial charge on any atom is -0.480 e. The molecule has 3 N–H and O–H groups in total. The fourth-order valence-electron chi connectivity index (χ4n) is 1.53. The third-order valence-corrected chi connectivity index (χ3v) is 2.79. The first kappa shape index (κ1) is 16.3. The lowest BCUT2D eigenvalue weighted by Crippen LogP contribution is -2.46. The van der Waals surface area contributed by atoms with Crippen molar-refractivity contribution in [1.82, 2.24) is 10.6 Å². The lowest BCUT2D eigenvalue weighted by molar-refractivity contribution is -0.139. The highest BCUT2D eigenvalue weighted by Gasteiger charge is 2.19. The highest BCUT2D eigenvalue weighted by molar-refractivity contribution is 6.30. The number of amides is 2. The Morgan fingerprint density at radius 2 is 2.20 bits per heavy atom. The number of benzene rings is 1. The zero-order chi connectivity index (χ0) is 15.0. The maximum Gasteiger partial charge on any atom is 0.326 e. The van der Waals surface area contributed by atoms with Gasteiger partial charge in [-0.3, -0.25) is 0 Å². The summed E-state index contributed by atoms with van der Waals surface area (Å²) in [6.07, 6.45) is 0.205. The number of methoxy groups -OCH3 is 1. The zero-order valence-electron chi connectivity index (χ0n) is 11.1. The normalized spacial score (nSPS) is 11.7. The first-order chi connectivity index (χ1) is 9.52. The molecule has 0 aliphatic carbocycles. The third-order valence-electron chi connectivity index (χ3n) is 2.56. The molecule has 7 heteroatoms. The van der Waals surface area contributed by atoms with Gasteiger partial charge in [-0.1, -0.05) is 23.7 Å². The van der Waals surface area contributed by atoms with Crippen LogP contribution in [-0.2, 0) is 16.1 Å². The molecule has 0 spiro atoms. The molecule has 20 heavy (non-hydrogen) atoms. The molecule has 1 aromatic rings. The zero-order valence-corrected chi connectivity index (χ0v) is 11.8. The van der Waals surface area contributed by atoms with E-state index in [0.717, 1.165) is 5.56 Å². The highest BCUT2D eigenvalue weighted by atomic mass is 35.5. The molecule has 0 aliphatic heterocycles. The smallest absolute Gasteiger partial charge is 0.326 e. The van der Waals surface area contributed by atoms with E-state index in [4.69, 9.17) is 21.4 Å². The van der Waals surface area contributed by atoms with Gasteiger partial charge in [0.05, 0.1) is 0 Å². The molecule has 110 valence electrons. The van der Waals surface area contributed by atoms with Gasteiger partial charge in [0, 0.05) is 31.7 Å². The number of carboxylic acids is 1. The number of hydrogen-bond acceptors (Lipinski definition) is 3. The van der Waals surface area contributed by atoms with Crippen LogP contribution >= 0.6 is 11.6 Å². The van der Waals surface area contributed by atoms with Crippen molar-refractivity contribution in [2.45, 2.75) is 19.0 Å². The number of carbonyl (C=O) groups is 2. The summed E-state index contributed by atoms with van der Waals surface area (Å²) < 4.78 is 4.80. The van der Waals surface area contributed by atoms with Gasteiger partial charge in [0.15, 0.2) is 0 Å². The summed E-state index contributed by atoms with van der Waals surface area (Å²) in [6.45, 7) is 0.522. The van der Waals surface area contributed by atoms with Crippen LogP contribution < -0.4 is 10.6 Å². The Kier molecular flexibility index (Phi) is 6.83. The van der Waals surface area contributed by atoms with E-state index in [0.29, 0.717) is 5.02 Å². The van der Waals surface area contributed by atoms with Crippen LogP contribution in [0.3, 0.4) is 0 Å². The van der Waals surface area contributed by atoms with E-state index < -0.39 is 18.0 Å².